The number of fused-ring (bicyclic) bond motifs is 1. The van der Waals surface area contributed by atoms with Crippen molar-refractivity contribution in [3.63, 3.8) is 0 Å². The summed E-state index contributed by atoms with van der Waals surface area (Å²) in [5.41, 5.74) is 2.77. The lowest BCUT2D eigenvalue weighted by Gasteiger charge is -2.38. The Morgan fingerprint density at radius 3 is 2.90 bits per heavy atom. The Labute approximate surface area is 130 Å². The van der Waals surface area contributed by atoms with Crippen LogP contribution in [-0.4, -0.2) is 34.1 Å². The van der Waals surface area contributed by atoms with Gasteiger partial charge in [-0.15, -0.1) is 0 Å². The predicted octanol–water partition coefficient (Wildman–Crippen LogP) is 3.80. The molecule has 4 rings (SSSR count). The fourth-order valence-corrected chi connectivity index (χ4v) is 4.65. The van der Waals surface area contributed by atoms with Crippen LogP contribution < -0.4 is 0 Å². The smallest absolute Gasteiger partial charge is 0.0895 e. The van der Waals surface area contributed by atoms with E-state index in [4.69, 9.17) is 0 Å². The van der Waals surface area contributed by atoms with Crippen LogP contribution in [0.4, 0.5) is 0 Å². The summed E-state index contributed by atoms with van der Waals surface area (Å²) in [5.74, 6) is 1.65. The summed E-state index contributed by atoms with van der Waals surface area (Å²) in [7, 11) is 0. The first-order valence-electron chi connectivity index (χ1n) is 7.94. The molecule has 0 amide bonds. The second kappa shape index (κ2) is 5.84. The van der Waals surface area contributed by atoms with E-state index < -0.39 is 0 Å². The third-order valence-corrected chi connectivity index (χ3v) is 5.88. The number of hydrogen-bond donors (Lipinski definition) is 0. The van der Waals surface area contributed by atoms with Gasteiger partial charge in [-0.25, -0.2) is 0 Å². The molecule has 3 aliphatic rings. The molecule has 1 fully saturated rings. The molecular formula is C17H21N3S. The molecule has 4 heteroatoms. The predicted molar refractivity (Wildman–Crippen MR) is 88.5 cm³/mol. The second-order valence-corrected chi connectivity index (χ2v) is 7.14. The molecule has 0 aromatic carbocycles. The van der Waals surface area contributed by atoms with E-state index in [0.29, 0.717) is 5.92 Å². The van der Waals surface area contributed by atoms with Crippen LogP contribution in [0.3, 0.4) is 0 Å². The van der Waals surface area contributed by atoms with E-state index in [0.717, 1.165) is 24.9 Å². The van der Waals surface area contributed by atoms with Crippen LogP contribution in [0.5, 0.6) is 0 Å². The van der Waals surface area contributed by atoms with E-state index in [1.54, 1.807) is 0 Å². The maximum atomic E-state index is 4.57. The molecule has 3 nitrogen and oxygen atoms in total. The fourth-order valence-electron chi connectivity index (χ4n) is 3.75. The minimum atomic E-state index is 0.713. The van der Waals surface area contributed by atoms with Crippen molar-refractivity contribution < 1.29 is 0 Å². The van der Waals surface area contributed by atoms with Crippen molar-refractivity contribution in [2.75, 3.05) is 12.4 Å². The lowest BCUT2D eigenvalue weighted by Crippen LogP contribution is -2.37. The van der Waals surface area contributed by atoms with Crippen LogP contribution in [0, 0.1) is 0 Å². The monoisotopic (exact) mass is 299 g/mol. The maximum absolute atomic E-state index is 4.57. The minimum absolute atomic E-state index is 0.713. The quantitative estimate of drug-likeness (QED) is 0.831. The third-order valence-electron chi connectivity index (χ3n) is 4.97. The topological polar surface area (TPSA) is 28.5 Å². The molecule has 110 valence electrons. The molecule has 0 bridgehead atoms. The van der Waals surface area contributed by atoms with Gasteiger partial charge >= 0.3 is 0 Å². The number of aromatic nitrogens is 1. The summed E-state index contributed by atoms with van der Waals surface area (Å²) < 4.78 is 0. The molecule has 0 atom stereocenters. The van der Waals surface area contributed by atoms with Gasteiger partial charge < -0.3 is 4.90 Å². The lowest BCUT2D eigenvalue weighted by atomic mass is 9.81. The van der Waals surface area contributed by atoms with Crippen LogP contribution in [0.15, 0.2) is 40.6 Å². The molecule has 0 spiro atoms. The number of hydrogen-bond acceptors (Lipinski definition) is 4. The van der Waals surface area contributed by atoms with E-state index in [9.17, 15) is 0 Å². The number of allylic oxidation sites excluding steroid dienone is 1. The number of rotatable bonds is 2. The van der Waals surface area contributed by atoms with Crippen LogP contribution in [0.2, 0.25) is 0 Å². The summed E-state index contributed by atoms with van der Waals surface area (Å²) in [6, 6.07) is 5.03. The summed E-state index contributed by atoms with van der Waals surface area (Å²) in [6.07, 6.45) is 12.6. The summed E-state index contributed by atoms with van der Waals surface area (Å²) in [4.78, 5) is 12.9. The van der Waals surface area contributed by atoms with E-state index >= 15 is 0 Å². The molecule has 2 aliphatic heterocycles. The van der Waals surface area contributed by atoms with Crippen molar-refractivity contribution in [2.24, 2.45) is 4.99 Å². The molecular weight excluding hydrogens is 278 g/mol. The fraction of sp³-hybridized carbons (Fsp3) is 0.529. The highest BCUT2D eigenvalue weighted by molar-refractivity contribution is 8.04. The van der Waals surface area contributed by atoms with Crippen molar-refractivity contribution in [1.82, 2.24) is 9.88 Å². The lowest BCUT2D eigenvalue weighted by molar-refractivity contribution is 0.208. The second-order valence-electron chi connectivity index (χ2n) is 6.15. The van der Waals surface area contributed by atoms with E-state index in [1.165, 1.54) is 41.9 Å². The summed E-state index contributed by atoms with van der Waals surface area (Å²) in [6.45, 7) is 1.16. The highest BCUT2D eigenvalue weighted by atomic mass is 32.2. The van der Waals surface area contributed by atoms with Gasteiger partial charge in [0.2, 0.25) is 0 Å². The molecule has 0 unspecified atom stereocenters. The van der Waals surface area contributed by atoms with Gasteiger partial charge in [0.05, 0.1) is 11.6 Å². The molecule has 3 heterocycles. The zero-order chi connectivity index (χ0) is 14.1. The van der Waals surface area contributed by atoms with Crippen molar-refractivity contribution >= 4 is 17.5 Å². The zero-order valence-corrected chi connectivity index (χ0v) is 13.1. The number of pyridine rings is 1. The van der Waals surface area contributed by atoms with Crippen molar-refractivity contribution in [3.8, 4) is 0 Å². The maximum Gasteiger partial charge on any atom is 0.0895 e. The van der Waals surface area contributed by atoms with Gasteiger partial charge in [0.25, 0.3) is 0 Å². The molecule has 0 radical (unpaired) electrons. The Kier molecular flexibility index (Phi) is 3.72. The van der Waals surface area contributed by atoms with Crippen LogP contribution in [-0.2, 0) is 0 Å². The highest BCUT2D eigenvalue weighted by Gasteiger charge is 2.29. The molecule has 0 N–H and O–H groups in total. The SMILES string of the molecule is C1=C2SCN=C2CCN1C1CCC(c2cccnc2)CC1. The van der Waals surface area contributed by atoms with Crippen molar-refractivity contribution in [1.29, 1.82) is 0 Å². The largest absolute Gasteiger partial charge is 0.373 e. The van der Waals surface area contributed by atoms with Gasteiger partial charge in [0.15, 0.2) is 0 Å². The average molecular weight is 299 g/mol. The molecule has 1 saturated carbocycles. The minimum Gasteiger partial charge on any atom is -0.373 e. The van der Waals surface area contributed by atoms with Gasteiger partial charge in [-0.1, -0.05) is 17.8 Å². The highest BCUT2D eigenvalue weighted by Crippen LogP contribution is 2.37. The van der Waals surface area contributed by atoms with E-state index in [1.807, 2.05) is 24.2 Å². The van der Waals surface area contributed by atoms with Crippen LogP contribution >= 0.6 is 11.8 Å². The first-order chi connectivity index (χ1) is 10.4. The Morgan fingerprint density at radius 2 is 2.10 bits per heavy atom. The normalized spacial score (nSPS) is 28.9. The molecule has 0 saturated heterocycles. The van der Waals surface area contributed by atoms with Crippen molar-refractivity contribution in [2.45, 2.75) is 44.1 Å². The Morgan fingerprint density at radius 1 is 1.19 bits per heavy atom. The third kappa shape index (κ3) is 2.73. The first kappa shape index (κ1) is 13.4. The molecule has 21 heavy (non-hydrogen) atoms. The number of nitrogens with zero attached hydrogens (tertiary/aromatic N) is 3. The van der Waals surface area contributed by atoms with Crippen LogP contribution in [0.1, 0.15) is 43.6 Å². The van der Waals surface area contributed by atoms with Gasteiger partial charge in [-0.2, -0.15) is 0 Å². The van der Waals surface area contributed by atoms with Gasteiger partial charge in [0, 0.05) is 42.5 Å². The molecule has 1 aliphatic carbocycles. The van der Waals surface area contributed by atoms with Crippen LogP contribution in [0.25, 0.3) is 0 Å². The Bertz CT molecular complexity index is 559. The summed E-state index contributed by atoms with van der Waals surface area (Å²) >= 11 is 1.90. The van der Waals surface area contributed by atoms with Crippen molar-refractivity contribution in [3.05, 3.63) is 41.2 Å². The van der Waals surface area contributed by atoms with Gasteiger partial charge in [0.1, 0.15) is 0 Å². The van der Waals surface area contributed by atoms with Gasteiger partial charge in [-0.3, -0.25) is 9.98 Å². The standard InChI is InChI=1S/C17H21N3S/c1-2-14(10-18-8-1)13-3-5-15(6-4-13)20-9-7-16-17(11-20)21-12-19-16/h1-2,8,10-11,13,15H,3-7,9,12H2. The number of aliphatic imine (C=N–C) groups is 1. The average Bonchev–Trinajstić information content (AvgIpc) is 3.03. The Balaban J connectivity index is 1.40. The first-order valence-corrected chi connectivity index (χ1v) is 8.93. The molecule has 1 aromatic heterocycles. The van der Waals surface area contributed by atoms with E-state index in [-0.39, 0.29) is 0 Å². The summed E-state index contributed by atoms with van der Waals surface area (Å²) in [5, 5.41) is 0. The van der Waals surface area contributed by atoms with E-state index in [2.05, 4.69) is 33.2 Å². The molecule has 1 aromatic rings. The number of thioether (sulfide) groups is 1. The van der Waals surface area contributed by atoms with Gasteiger partial charge in [-0.05, 0) is 43.2 Å². The Hall–Kier alpha value is -1.29. The zero-order valence-electron chi connectivity index (χ0n) is 12.2.